The van der Waals surface area contributed by atoms with E-state index in [2.05, 4.69) is 33.9 Å². The molecule has 3 aromatic rings. The van der Waals surface area contributed by atoms with Gasteiger partial charge < -0.3 is 14.6 Å². The van der Waals surface area contributed by atoms with E-state index < -0.39 is 0 Å². The molecule has 1 N–H and O–H groups in total. The van der Waals surface area contributed by atoms with Crippen molar-refractivity contribution in [1.29, 1.82) is 0 Å². The summed E-state index contributed by atoms with van der Waals surface area (Å²) in [6.07, 6.45) is 5.43. The summed E-state index contributed by atoms with van der Waals surface area (Å²) in [5.74, 6) is -0.169. The molecule has 0 atom stereocenters. The van der Waals surface area contributed by atoms with Crippen molar-refractivity contribution in [3.05, 3.63) is 71.7 Å². The average Bonchev–Trinajstić information content (AvgIpc) is 3.11. The highest BCUT2D eigenvalue weighted by molar-refractivity contribution is 5.81. The lowest BCUT2D eigenvalue weighted by molar-refractivity contribution is 0.190. The van der Waals surface area contributed by atoms with E-state index in [0.29, 0.717) is 6.04 Å². The Morgan fingerprint density at radius 3 is 2.42 bits per heavy atom. The smallest absolute Gasteiger partial charge is 0.123 e. The van der Waals surface area contributed by atoms with Gasteiger partial charge in [-0.15, -0.1) is 0 Å². The van der Waals surface area contributed by atoms with Crippen molar-refractivity contribution in [2.75, 3.05) is 19.6 Å². The number of aromatic nitrogens is 1. The van der Waals surface area contributed by atoms with Crippen molar-refractivity contribution in [2.24, 2.45) is 0 Å². The predicted octanol–water partition coefficient (Wildman–Crippen LogP) is 4.15. The van der Waals surface area contributed by atoms with Gasteiger partial charge in [-0.25, -0.2) is 4.39 Å². The van der Waals surface area contributed by atoms with Gasteiger partial charge in [0.15, 0.2) is 0 Å². The average molecular weight is 352 g/mol. The van der Waals surface area contributed by atoms with Gasteiger partial charge in [-0.2, -0.15) is 0 Å². The van der Waals surface area contributed by atoms with E-state index in [4.69, 9.17) is 0 Å². The van der Waals surface area contributed by atoms with Gasteiger partial charge in [0.25, 0.3) is 0 Å². The van der Waals surface area contributed by atoms with Crippen LogP contribution in [0, 0.1) is 5.82 Å². The van der Waals surface area contributed by atoms with Gasteiger partial charge in [-0.1, -0.05) is 24.3 Å². The summed E-state index contributed by atoms with van der Waals surface area (Å²) in [4.78, 5) is 2.50. The zero-order valence-corrected chi connectivity index (χ0v) is 14.9. The van der Waals surface area contributed by atoms with E-state index >= 15 is 0 Å². The van der Waals surface area contributed by atoms with Crippen LogP contribution in [0.25, 0.3) is 10.9 Å². The second kappa shape index (κ2) is 7.60. The number of rotatable bonds is 5. The number of likely N-dealkylation sites (tertiary alicyclic amines) is 1. The molecule has 0 bridgehead atoms. The summed E-state index contributed by atoms with van der Waals surface area (Å²) in [5, 5.41) is 10.6. The molecule has 26 heavy (non-hydrogen) atoms. The van der Waals surface area contributed by atoms with E-state index in [-0.39, 0.29) is 12.4 Å². The summed E-state index contributed by atoms with van der Waals surface area (Å²) < 4.78 is 15.4. The van der Waals surface area contributed by atoms with Gasteiger partial charge >= 0.3 is 0 Å². The Morgan fingerprint density at radius 2 is 1.69 bits per heavy atom. The van der Waals surface area contributed by atoms with Crippen molar-refractivity contribution >= 4 is 10.9 Å². The first-order chi connectivity index (χ1) is 12.7. The van der Waals surface area contributed by atoms with Crippen LogP contribution in [-0.4, -0.2) is 34.2 Å². The molecule has 0 unspecified atom stereocenters. The fourth-order valence-electron chi connectivity index (χ4n) is 3.97. The van der Waals surface area contributed by atoms with E-state index in [1.165, 1.54) is 16.5 Å². The number of halogens is 1. The molecule has 0 saturated carbocycles. The van der Waals surface area contributed by atoms with Crippen LogP contribution in [0.1, 0.15) is 30.0 Å². The molecule has 1 fully saturated rings. The minimum atomic E-state index is -0.169. The molecule has 1 saturated heterocycles. The fraction of sp³-hybridized carbons (Fsp3) is 0.364. The topological polar surface area (TPSA) is 28.4 Å². The predicted molar refractivity (Wildman–Crippen MR) is 103 cm³/mol. The van der Waals surface area contributed by atoms with Gasteiger partial charge in [0.2, 0.25) is 0 Å². The lowest BCUT2D eigenvalue weighted by Crippen LogP contribution is -2.35. The molecule has 3 nitrogen and oxygen atoms in total. The number of benzene rings is 2. The summed E-state index contributed by atoms with van der Waals surface area (Å²) in [6.45, 7) is 3.29. The van der Waals surface area contributed by atoms with Crippen LogP contribution < -0.4 is 0 Å². The van der Waals surface area contributed by atoms with Crippen molar-refractivity contribution < 1.29 is 9.50 Å². The van der Waals surface area contributed by atoms with Crippen LogP contribution in [0.2, 0.25) is 0 Å². The van der Waals surface area contributed by atoms with Gasteiger partial charge in [0.05, 0.1) is 6.61 Å². The van der Waals surface area contributed by atoms with Gasteiger partial charge in [-0.3, -0.25) is 0 Å². The third-order valence-corrected chi connectivity index (χ3v) is 5.55. The molecule has 1 aliphatic heterocycles. The number of hydrogen-bond donors (Lipinski definition) is 1. The standard InChI is InChI=1S/C22H25FN2O/c23-20-5-2-17(3-6-20)7-11-24-12-9-21(10-13-24)25-14-8-19-4-1-18(16-26)15-22(19)25/h1-6,8,14-15,21,26H,7,9-13,16H2. The molecule has 0 spiro atoms. The van der Waals surface area contributed by atoms with Crippen molar-refractivity contribution in [3.63, 3.8) is 0 Å². The maximum atomic E-state index is 13.0. The highest BCUT2D eigenvalue weighted by Gasteiger charge is 2.21. The molecule has 4 rings (SSSR count). The molecule has 4 heteroatoms. The Morgan fingerprint density at radius 1 is 0.962 bits per heavy atom. The molecule has 1 aliphatic rings. The first-order valence-electron chi connectivity index (χ1n) is 9.40. The third-order valence-electron chi connectivity index (χ3n) is 5.55. The Kier molecular flexibility index (Phi) is 5.05. The SMILES string of the molecule is OCc1ccc2ccn(C3CCN(CCc4ccc(F)cc4)CC3)c2c1. The number of nitrogens with zero attached hydrogens (tertiary/aromatic N) is 2. The summed E-state index contributed by atoms with van der Waals surface area (Å²) in [7, 11) is 0. The van der Waals surface area contributed by atoms with Gasteiger partial charge in [0.1, 0.15) is 5.82 Å². The Hall–Kier alpha value is -2.17. The molecule has 0 aliphatic carbocycles. The van der Waals surface area contributed by atoms with Gasteiger partial charge in [0, 0.05) is 37.4 Å². The first kappa shape index (κ1) is 17.3. The highest BCUT2D eigenvalue weighted by Crippen LogP contribution is 2.28. The molecular weight excluding hydrogens is 327 g/mol. The second-order valence-corrected chi connectivity index (χ2v) is 7.22. The van der Waals surface area contributed by atoms with E-state index in [1.54, 1.807) is 12.1 Å². The van der Waals surface area contributed by atoms with Crippen LogP contribution in [0.4, 0.5) is 4.39 Å². The van der Waals surface area contributed by atoms with Crippen LogP contribution in [0.15, 0.2) is 54.7 Å². The number of hydrogen-bond acceptors (Lipinski definition) is 2. The van der Waals surface area contributed by atoms with E-state index in [1.807, 2.05) is 18.2 Å². The van der Waals surface area contributed by atoms with Gasteiger partial charge in [-0.05, 0) is 60.0 Å². The number of piperidine rings is 1. The zero-order chi connectivity index (χ0) is 17.9. The Balaban J connectivity index is 1.37. The number of aliphatic hydroxyl groups excluding tert-OH is 1. The molecule has 1 aromatic heterocycles. The number of fused-ring (bicyclic) bond motifs is 1. The normalized spacial score (nSPS) is 16.4. The van der Waals surface area contributed by atoms with Crippen molar-refractivity contribution in [3.8, 4) is 0 Å². The molecule has 136 valence electrons. The number of aliphatic hydroxyl groups is 1. The molecular formula is C22H25FN2O. The third kappa shape index (κ3) is 3.67. The fourth-order valence-corrected chi connectivity index (χ4v) is 3.97. The lowest BCUT2D eigenvalue weighted by Gasteiger charge is -2.33. The van der Waals surface area contributed by atoms with Crippen molar-refractivity contribution in [1.82, 2.24) is 9.47 Å². The van der Waals surface area contributed by atoms with E-state index in [0.717, 1.165) is 44.5 Å². The highest BCUT2D eigenvalue weighted by atomic mass is 19.1. The largest absolute Gasteiger partial charge is 0.392 e. The maximum absolute atomic E-state index is 13.0. The minimum absolute atomic E-state index is 0.0863. The first-order valence-corrected chi connectivity index (χ1v) is 9.40. The lowest BCUT2D eigenvalue weighted by atomic mass is 10.0. The summed E-state index contributed by atoms with van der Waals surface area (Å²) in [6, 6.07) is 15.7. The Bertz CT molecular complexity index is 863. The summed E-state index contributed by atoms with van der Waals surface area (Å²) in [5.41, 5.74) is 3.39. The second-order valence-electron chi connectivity index (χ2n) is 7.22. The van der Waals surface area contributed by atoms with Crippen LogP contribution >= 0.6 is 0 Å². The zero-order valence-electron chi connectivity index (χ0n) is 14.9. The molecule has 0 amide bonds. The van der Waals surface area contributed by atoms with E-state index in [9.17, 15) is 9.50 Å². The van der Waals surface area contributed by atoms with Crippen LogP contribution in [0.5, 0.6) is 0 Å². The minimum Gasteiger partial charge on any atom is -0.392 e. The molecule has 2 heterocycles. The van der Waals surface area contributed by atoms with Crippen LogP contribution in [-0.2, 0) is 13.0 Å². The molecule has 0 radical (unpaired) electrons. The Labute approximate surface area is 153 Å². The maximum Gasteiger partial charge on any atom is 0.123 e. The summed E-state index contributed by atoms with van der Waals surface area (Å²) >= 11 is 0. The van der Waals surface area contributed by atoms with Crippen LogP contribution in [0.3, 0.4) is 0 Å². The quantitative estimate of drug-likeness (QED) is 0.747. The van der Waals surface area contributed by atoms with Crippen molar-refractivity contribution in [2.45, 2.75) is 31.9 Å². The molecule has 2 aromatic carbocycles. The monoisotopic (exact) mass is 352 g/mol.